The maximum atomic E-state index is 11.0. The van der Waals surface area contributed by atoms with Crippen LogP contribution in [0.25, 0.3) is 0 Å². The molecule has 0 radical (unpaired) electrons. The Morgan fingerprint density at radius 3 is 2.07 bits per heavy atom. The first-order valence-electron chi connectivity index (χ1n) is 4.75. The Morgan fingerprint density at radius 2 is 1.86 bits per heavy atom. The lowest BCUT2D eigenvalue weighted by atomic mass is 9.99. The third-order valence-corrected chi connectivity index (χ3v) is 5.89. The van der Waals surface area contributed by atoms with Crippen LogP contribution >= 0.6 is 0 Å². The molecule has 0 aromatic carbocycles. The van der Waals surface area contributed by atoms with Gasteiger partial charge in [0, 0.05) is 8.07 Å². The number of carboxylic acid groups (broad SMARTS) is 1. The summed E-state index contributed by atoms with van der Waals surface area (Å²) in [5.41, 5.74) is 0.0213. The van der Waals surface area contributed by atoms with E-state index in [4.69, 9.17) is 5.11 Å². The Kier molecular flexibility index (Phi) is 4.54. The lowest BCUT2D eigenvalue weighted by Gasteiger charge is -2.32. The zero-order chi connectivity index (χ0) is 11.5. The standard InChI is InChI=1S/C10H20O3Si/c1-6-8(11)9(10(12)13)7(2)14(3,4)5/h6-9,11H,1H2,2-5H3,(H,12,13)/t7-,8-,9+/m1/s1. The molecule has 0 saturated carbocycles. The molecular weight excluding hydrogens is 196 g/mol. The van der Waals surface area contributed by atoms with Gasteiger partial charge in [-0.1, -0.05) is 32.6 Å². The average molecular weight is 216 g/mol. The molecule has 14 heavy (non-hydrogen) atoms. The van der Waals surface area contributed by atoms with E-state index in [0.29, 0.717) is 0 Å². The summed E-state index contributed by atoms with van der Waals surface area (Å²) in [7, 11) is -1.55. The summed E-state index contributed by atoms with van der Waals surface area (Å²) in [6.07, 6.45) is 0.351. The van der Waals surface area contributed by atoms with Crippen LogP contribution < -0.4 is 0 Å². The lowest BCUT2D eigenvalue weighted by Crippen LogP contribution is -2.40. The van der Waals surface area contributed by atoms with E-state index in [1.54, 1.807) is 0 Å². The molecule has 0 spiro atoms. The highest BCUT2D eigenvalue weighted by molar-refractivity contribution is 6.77. The molecule has 0 unspecified atom stereocenters. The van der Waals surface area contributed by atoms with Gasteiger partial charge in [0.15, 0.2) is 0 Å². The van der Waals surface area contributed by atoms with E-state index in [-0.39, 0.29) is 5.54 Å². The Labute approximate surface area is 86.5 Å². The third-order valence-electron chi connectivity index (χ3n) is 2.80. The Balaban J connectivity index is 4.84. The Morgan fingerprint density at radius 1 is 1.43 bits per heavy atom. The van der Waals surface area contributed by atoms with E-state index >= 15 is 0 Å². The molecule has 0 saturated heterocycles. The smallest absolute Gasteiger partial charge is 0.309 e. The van der Waals surface area contributed by atoms with Crippen molar-refractivity contribution in [2.24, 2.45) is 5.92 Å². The molecule has 2 N–H and O–H groups in total. The Hall–Kier alpha value is -0.613. The molecule has 0 aliphatic heterocycles. The van der Waals surface area contributed by atoms with Crippen molar-refractivity contribution in [3.05, 3.63) is 12.7 Å². The van der Waals surface area contributed by atoms with E-state index < -0.39 is 26.1 Å². The van der Waals surface area contributed by atoms with Crippen molar-refractivity contribution >= 4 is 14.0 Å². The minimum atomic E-state index is -1.55. The number of hydrogen-bond donors (Lipinski definition) is 2. The van der Waals surface area contributed by atoms with Crippen LogP contribution in [0.15, 0.2) is 12.7 Å². The van der Waals surface area contributed by atoms with Crippen LogP contribution in [0.2, 0.25) is 25.2 Å². The first-order valence-corrected chi connectivity index (χ1v) is 8.33. The molecule has 4 heteroatoms. The highest BCUT2D eigenvalue weighted by Crippen LogP contribution is 2.32. The van der Waals surface area contributed by atoms with Crippen molar-refractivity contribution in [3.8, 4) is 0 Å². The van der Waals surface area contributed by atoms with E-state index in [0.717, 1.165) is 0 Å². The van der Waals surface area contributed by atoms with Crippen LogP contribution in [0.4, 0.5) is 0 Å². The molecule has 3 nitrogen and oxygen atoms in total. The van der Waals surface area contributed by atoms with Crippen molar-refractivity contribution < 1.29 is 15.0 Å². The van der Waals surface area contributed by atoms with Gasteiger partial charge in [-0.25, -0.2) is 0 Å². The first kappa shape index (κ1) is 13.4. The van der Waals surface area contributed by atoms with Gasteiger partial charge < -0.3 is 10.2 Å². The zero-order valence-corrected chi connectivity index (χ0v) is 10.3. The number of aliphatic hydroxyl groups is 1. The van der Waals surface area contributed by atoms with Crippen molar-refractivity contribution in [3.63, 3.8) is 0 Å². The molecule has 3 atom stereocenters. The van der Waals surface area contributed by atoms with Gasteiger partial charge in [-0.2, -0.15) is 0 Å². The zero-order valence-electron chi connectivity index (χ0n) is 9.32. The highest BCUT2D eigenvalue weighted by atomic mass is 28.3. The van der Waals surface area contributed by atoms with Gasteiger partial charge in [0.1, 0.15) is 0 Å². The molecule has 0 bridgehead atoms. The van der Waals surface area contributed by atoms with Gasteiger partial charge in [0.25, 0.3) is 0 Å². The quantitative estimate of drug-likeness (QED) is 0.545. The van der Waals surface area contributed by atoms with Gasteiger partial charge in [0.2, 0.25) is 0 Å². The number of carbonyl (C=O) groups is 1. The SMILES string of the molecule is C=C[C@@H](O)[C@@H](C(=O)O)[C@@H](C)[Si](C)(C)C. The topological polar surface area (TPSA) is 57.5 Å². The van der Waals surface area contributed by atoms with E-state index in [2.05, 4.69) is 26.2 Å². The van der Waals surface area contributed by atoms with Crippen molar-refractivity contribution in [1.29, 1.82) is 0 Å². The van der Waals surface area contributed by atoms with Crippen LogP contribution in [0, 0.1) is 5.92 Å². The number of aliphatic hydroxyl groups excluding tert-OH is 1. The summed E-state index contributed by atoms with van der Waals surface area (Å²) in [5.74, 6) is -1.66. The predicted molar refractivity (Wildman–Crippen MR) is 60.1 cm³/mol. The van der Waals surface area contributed by atoms with E-state index in [9.17, 15) is 9.90 Å². The summed E-state index contributed by atoms with van der Waals surface area (Å²) >= 11 is 0. The minimum Gasteiger partial charge on any atom is -0.481 e. The van der Waals surface area contributed by atoms with Crippen molar-refractivity contribution in [2.75, 3.05) is 0 Å². The second kappa shape index (κ2) is 4.75. The fraction of sp³-hybridized carbons (Fsp3) is 0.700. The molecular formula is C10H20O3Si. The van der Waals surface area contributed by atoms with Crippen LogP contribution in [0.5, 0.6) is 0 Å². The highest BCUT2D eigenvalue weighted by Gasteiger charge is 2.37. The van der Waals surface area contributed by atoms with Crippen LogP contribution in [0.3, 0.4) is 0 Å². The van der Waals surface area contributed by atoms with Crippen LogP contribution in [-0.4, -0.2) is 30.4 Å². The monoisotopic (exact) mass is 216 g/mol. The van der Waals surface area contributed by atoms with Crippen LogP contribution in [0.1, 0.15) is 6.92 Å². The molecule has 0 aromatic heterocycles. The largest absolute Gasteiger partial charge is 0.481 e. The summed E-state index contributed by atoms with van der Waals surface area (Å²) in [4.78, 5) is 11.0. The predicted octanol–water partition coefficient (Wildman–Crippen LogP) is 1.96. The second-order valence-corrected chi connectivity index (χ2v) is 10.4. The number of hydrogen-bond acceptors (Lipinski definition) is 2. The molecule has 0 aromatic rings. The van der Waals surface area contributed by atoms with Crippen molar-refractivity contribution in [2.45, 2.75) is 38.2 Å². The summed E-state index contributed by atoms with van der Waals surface area (Å²) in [5, 5.41) is 18.6. The third kappa shape index (κ3) is 3.27. The number of rotatable bonds is 5. The molecule has 0 aliphatic carbocycles. The molecule has 0 amide bonds. The summed E-state index contributed by atoms with van der Waals surface area (Å²) < 4.78 is 0. The molecule has 0 rings (SSSR count). The number of carboxylic acids is 1. The van der Waals surface area contributed by atoms with Crippen molar-refractivity contribution in [1.82, 2.24) is 0 Å². The maximum Gasteiger partial charge on any atom is 0.309 e. The van der Waals surface area contributed by atoms with Gasteiger partial charge in [-0.3, -0.25) is 4.79 Å². The average Bonchev–Trinajstić information content (AvgIpc) is 2.01. The minimum absolute atomic E-state index is 0.0213. The van der Waals surface area contributed by atoms with Gasteiger partial charge >= 0.3 is 5.97 Å². The Bertz CT molecular complexity index is 220. The van der Waals surface area contributed by atoms with E-state index in [1.165, 1.54) is 6.08 Å². The fourth-order valence-electron chi connectivity index (χ4n) is 1.34. The van der Waals surface area contributed by atoms with Gasteiger partial charge in [-0.05, 0) is 5.54 Å². The fourth-order valence-corrected chi connectivity index (χ4v) is 2.76. The molecule has 82 valence electrons. The van der Waals surface area contributed by atoms with Gasteiger partial charge in [-0.15, -0.1) is 6.58 Å². The second-order valence-electron chi connectivity index (χ2n) is 4.75. The van der Waals surface area contributed by atoms with Crippen LogP contribution in [-0.2, 0) is 4.79 Å². The first-order chi connectivity index (χ1) is 6.21. The molecule has 0 aliphatic rings. The maximum absolute atomic E-state index is 11.0. The number of aliphatic carboxylic acids is 1. The summed E-state index contributed by atoms with van der Waals surface area (Å²) in [6.45, 7) is 11.6. The van der Waals surface area contributed by atoms with Gasteiger partial charge in [0.05, 0.1) is 12.0 Å². The lowest BCUT2D eigenvalue weighted by molar-refractivity contribution is -0.144. The molecule has 0 fully saturated rings. The normalized spacial score (nSPS) is 18.4. The summed E-state index contributed by atoms with van der Waals surface area (Å²) in [6, 6.07) is 0. The van der Waals surface area contributed by atoms with E-state index in [1.807, 2.05) is 6.92 Å². The molecule has 0 heterocycles.